The second kappa shape index (κ2) is 6.90. The predicted molar refractivity (Wildman–Crippen MR) is 85.6 cm³/mol. The number of anilines is 1. The summed E-state index contributed by atoms with van der Waals surface area (Å²) in [6.07, 6.45) is 3.49. The van der Waals surface area contributed by atoms with Crippen molar-refractivity contribution >= 4 is 23.5 Å². The summed E-state index contributed by atoms with van der Waals surface area (Å²) in [7, 11) is 0. The molecule has 0 heterocycles. The highest BCUT2D eigenvalue weighted by molar-refractivity contribution is 5.94. The van der Waals surface area contributed by atoms with Crippen LogP contribution in [0.25, 0.3) is 0 Å². The van der Waals surface area contributed by atoms with Crippen molar-refractivity contribution in [2.24, 2.45) is 11.8 Å². The first-order chi connectivity index (χ1) is 11.5. The molecule has 0 aromatic heterocycles. The quantitative estimate of drug-likeness (QED) is 0.667. The SMILES string of the molecule is O=C(COc1cccc(NC(=O)C2CC2)c1)NC(C(=O)O)C1CC1. The lowest BCUT2D eigenvalue weighted by Crippen LogP contribution is -2.44. The Kier molecular flexibility index (Phi) is 4.69. The molecule has 2 saturated carbocycles. The highest BCUT2D eigenvalue weighted by atomic mass is 16.5. The third-order valence-electron chi connectivity index (χ3n) is 4.10. The maximum atomic E-state index is 11.9. The molecule has 1 aromatic carbocycles. The van der Waals surface area contributed by atoms with Gasteiger partial charge in [0.05, 0.1) is 0 Å². The Hall–Kier alpha value is -2.57. The van der Waals surface area contributed by atoms with Crippen molar-refractivity contribution in [1.82, 2.24) is 5.32 Å². The first kappa shape index (κ1) is 16.3. The Morgan fingerprint density at radius 1 is 1.21 bits per heavy atom. The molecule has 0 spiro atoms. The van der Waals surface area contributed by atoms with Gasteiger partial charge < -0.3 is 20.5 Å². The van der Waals surface area contributed by atoms with Gasteiger partial charge in [0.15, 0.2) is 6.61 Å². The maximum Gasteiger partial charge on any atom is 0.326 e. The van der Waals surface area contributed by atoms with Gasteiger partial charge in [-0.1, -0.05) is 6.07 Å². The molecule has 128 valence electrons. The number of aliphatic carboxylic acids is 1. The van der Waals surface area contributed by atoms with Crippen molar-refractivity contribution in [2.45, 2.75) is 31.7 Å². The minimum absolute atomic E-state index is 0.00127. The van der Waals surface area contributed by atoms with Crippen LogP contribution < -0.4 is 15.4 Å². The number of benzene rings is 1. The molecule has 1 aromatic rings. The van der Waals surface area contributed by atoms with Crippen molar-refractivity contribution in [3.05, 3.63) is 24.3 Å². The minimum Gasteiger partial charge on any atom is -0.484 e. The minimum atomic E-state index is -1.02. The maximum absolute atomic E-state index is 11.9. The fraction of sp³-hybridized carbons (Fsp3) is 0.471. The first-order valence-corrected chi connectivity index (χ1v) is 8.09. The lowest BCUT2D eigenvalue weighted by molar-refractivity contribution is -0.142. The number of rotatable bonds is 8. The smallest absolute Gasteiger partial charge is 0.326 e. The molecule has 2 aliphatic rings. The van der Waals surface area contributed by atoms with E-state index in [9.17, 15) is 14.4 Å². The van der Waals surface area contributed by atoms with Crippen LogP contribution in [0.1, 0.15) is 25.7 Å². The number of carboxylic acids is 1. The Balaban J connectivity index is 1.49. The number of amides is 2. The summed E-state index contributed by atoms with van der Waals surface area (Å²) in [6.45, 7) is -0.267. The molecule has 0 saturated heterocycles. The van der Waals surface area contributed by atoms with Crippen molar-refractivity contribution in [3.8, 4) is 5.75 Å². The van der Waals surface area contributed by atoms with Gasteiger partial charge >= 0.3 is 5.97 Å². The standard InChI is InChI=1S/C17H20N2O5/c20-14(19-15(17(22)23)10-4-5-10)9-24-13-3-1-2-12(8-13)18-16(21)11-6-7-11/h1-3,8,10-11,15H,4-7,9H2,(H,18,21)(H,19,20)(H,22,23). The lowest BCUT2D eigenvalue weighted by atomic mass is 10.2. The fourth-order valence-corrected chi connectivity index (χ4v) is 2.43. The van der Waals surface area contributed by atoms with Crippen LogP contribution in [0.2, 0.25) is 0 Å². The van der Waals surface area contributed by atoms with Gasteiger partial charge in [-0.3, -0.25) is 9.59 Å². The van der Waals surface area contributed by atoms with Crippen LogP contribution in [0.3, 0.4) is 0 Å². The van der Waals surface area contributed by atoms with Crippen molar-refractivity contribution < 1.29 is 24.2 Å². The summed E-state index contributed by atoms with van der Waals surface area (Å²) in [5.41, 5.74) is 0.617. The average molecular weight is 332 g/mol. The molecule has 7 heteroatoms. The summed E-state index contributed by atoms with van der Waals surface area (Å²) in [4.78, 5) is 34.7. The second-order valence-electron chi connectivity index (χ2n) is 6.30. The number of carboxylic acid groups (broad SMARTS) is 1. The molecule has 24 heavy (non-hydrogen) atoms. The number of carbonyl (C=O) groups excluding carboxylic acids is 2. The van der Waals surface area contributed by atoms with Gasteiger partial charge in [-0.15, -0.1) is 0 Å². The van der Waals surface area contributed by atoms with Crippen LogP contribution in [0.5, 0.6) is 5.75 Å². The van der Waals surface area contributed by atoms with Gasteiger partial charge in [0.25, 0.3) is 5.91 Å². The van der Waals surface area contributed by atoms with Gasteiger partial charge in [-0.05, 0) is 43.7 Å². The van der Waals surface area contributed by atoms with E-state index < -0.39 is 17.9 Å². The monoisotopic (exact) mass is 332 g/mol. The molecule has 0 radical (unpaired) electrons. The first-order valence-electron chi connectivity index (χ1n) is 8.09. The highest BCUT2D eigenvalue weighted by Gasteiger charge is 2.37. The summed E-state index contributed by atoms with van der Waals surface area (Å²) in [5, 5.41) is 14.4. The van der Waals surface area contributed by atoms with Crippen LogP contribution in [-0.4, -0.2) is 35.5 Å². The predicted octanol–water partition coefficient (Wildman–Crippen LogP) is 1.39. The zero-order valence-electron chi connectivity index (χ0n) is 13.2. The second-order valence-corrected chi connectivity index (χ2v) is 6.30. The highest BCUT2D eigenvalue weighted by Crippen LogP contribution is 2.33. The fourth-order valence-electron chi connectivity index (χ4n) is 2.43. The van der Waals surface area contributed by atoms with E-state index in [0.29, 0.717) is 11.4 Å². The van der Waals surface area contributed by atoms with E-state index in [-0.39, 0.29) is 24.3 Å². The molecule has 0 bridgehead atoms. The molecule has 7 nitrogen and oxygen atoms in total. The molecular formula is C17H20N2O5. The zero-order valence-corrected chi connectivity index (χ0v) is 13.2. The van der Waals surface area contributed by atoms with E-state index in [1.54, 1.807) is 24.3 Å². The average Bonchev–Trinajstić information content (AvgIpc) is 3.42. The van der Waals surface area contributed by atoms with E-state index >= 15 is 0 Å². The molecular weight excluding hydrogens is 312 g/mol. The van der Waals surface area contributed by atoms with Gasteiger partial charge in [0, 0.05) is 17.7 Å². The van der Waals surface area contributed by atoms with E-state index in [0.717, 1.165) is 25.7 Å². The lowest BCUT2D eigenvalue weighted by Gasteiger charge is -2.14. The Bertz CT molecular complexity index is 652. The molecule has 3 rings (SSSR count). The summed E-state index contributed by atoms with van der Waals surface area (Å²) >= 11 is 0. The van der Waals surface area contributed by atoms with E-state index in [4.69, 9.17) is 9.84 Å². The molecule has 3 N–H and O–H groups in total. The third kappa shape index (κ3) is 4.47. The number of hydrogen-bond acceptors (Lipinski definition) is 4. The van der Waals surface area contributed by atoms with Gasteiger partial charge in [-0.25, -0.2) is 4.79 Å². The zero-order chi connectivity index (χ0) is 17.1. The van der Waals surface area contributed by atoms with E-state index in [1.165, 1.54) is 0 Å². The molecule has 2 aliphatic carbocycles. The Morgan fingerprint density at radius 3 is 2.58 bits per heavy atom. The van der Waals surface area contributed by atoms with Gasteiger partial charge in [-0.2, -0.15) is 0 Å². The van der Waals surface area contributed by atoms with Crippen molar-refractivity contribution in [2.75, 3.05) is 11.9 Å². The number of hydrogen-bond donors (Lipinski definition) is 3. The molecule has 2 amide bonds. The van der Waals surface area contributed by atoms with E-state index in [2.05, 4.69) is 10.6 Å². The topological polar surface area (TPSA) is 105 Å². The van der Waals surface area contributed by atoms with Gasteiger partial charge in [0.1, 0.15) is 11.8 Å². The summed E-state index contributed by atoms with van der Waals surface area (Å²) in [6, 6.07) is 5.95. The molecule has 1 unspecified atom stereocenters. The van der Waals surface area contributed by atoms with Crippen molar-refractivity contribution in [1.29, 1.82) is 0 Å². The number of nitrogens with one attached hydrogen (secondary N) is 2. The number of ether oxygens (including phenoxy) is 1. The Labute approximate surface area is 139 Å². The molecule has 1 atom stereocenters. The van der Waals surface area contributed by atoms with Crippen LogP contribution in [0, 0.1) is 11.8 Å². The van der Waals surface area contributed by atoms with Crippen LogP contribution in [0.4, 0.5) is 5.69 Å². The van der Waals surface area contributed by atoms with Crippen LogP contribution >= 0.6 is 0 Å². The summed E-state index contributed by atoms with van der Waals surface area (Å²) < 4.78 is 5.39. The third-order valence-corrected chi connectivity index (χ3v) is 4.10. The molecule has 0 aliphatic heterocycles. The normalized spacial score (nSPS) is 17.7. The summed E-state index contributed by atoms with van der Waals surface area (Å²) in [5.74, 6) is -0.920. The molecule has 2 fully saturated rings. The van der Waals surface area contributed by atoms with Crippen LogP contribution in [-0.2, 0) is 14.4 Å². The van der Waals surface area contributed by atoms with Gasteiger partial charge in [0.2, 0.25) is 5.91 Å². The van der Waals surface area contributed by atoms with Crippen molar-refractivity contribution in [3.63, 3.8) is 0 Å². The largest absolute Gasteiger partial charge is 0.484 e. The van der Waals surface area contributed by atoms with Crippen LogP contribution in [0.15, 0.2) is 24.3 Å². The van der Waals surface area contributed by atoms with E-state index in [1.807, 2.05) is 0 Å². The number of carbonyl (C=O) groups is 3. The Morgan fingerprint density at radius 2 is 1.96 bits per heavy atom.